The van der Waals surface area contributed by atoms with Gasteiger partial charge >= 0.3 is 0 Å². The van der Waals surface area contributed by atoms with E-state index in [1.807, 2.05) is 86.6 Å². The van der Waals surface area contributed by atoms with E-state index >= 15 is 0 Å². The van der Waals surface area contributed by atoms with E-state index in [-0.39, 0.29) is 10.7 Å². The second-order valence-electron chi connectivity index (χ2n) is 8.49. The van der Waals surface area contributed by atoms with Crippen LogP contribution in [0.25, 0.3) is 6.08 Å². The molecule has 3 aromatic rings. The van der Waals surface area contributed by atoms with Crippen LogP contribution in [0.15, 0.2) is 78.4 Å². The summed E-state index contributed by atoms with van der Waals surface area (Å²) in [6.45, 7) is 10.0. The molecular weight excluding hydrogens is 454 g/mol. The summed E-state index contributed by atoms with van der Waals surface area (Å²) in [6, 6.07) is 22.8. The van der Waals surface area contributed by atoms with E-state index in [4.69, 9.17) is 12.2 Å². The molecule has 1 aliphatic rings. The summed E-state index contributed by atoms with van der Waals surface area (Å²) in [5.74, 6) is -0.859. The number of nitrogens with zero attached hydrogens (tertiary/aromatic N) is 3. The van der Waals surface area contributed by atoms with Gasteiger partial charge in [0.05, 0.1) is 11.4 Å². The number of hydrogen-bond acceptors (Lipinski definition) is 4. The number of benzene rings is 3. The summed E-state index contributed by atoms with van der Waals surface area (Å²) in [5.41, 5.74) is 5.35. The maximum atomic E-state index is 13.7. The molecule has 0 saturated carbocycles. The largest absolute Gasteiger partial charge is 0.372 e. The Morgan fingerprint density at radius 3 is 1.94 bits per heavy atom. The molecule has 0 unspecified atom stereocenters. The fourth-order valence-corrected chi connectivity index (χ4v) is 4.54. The zero-order chi connectivity index (χ0) is 25.1. The van der Waals surface area contributed by atoms with E-state index in [0.717, 1.165) is 35.5 Å². The molecular formula is C29H29N3O2S. The van der Waals surface area contributed by atoms with Crippen LogP contribution >= 0.6 is 12.2 Å². The highest BCUT2D eigenvalue weighted by atomic mass is 32.1. The molecule has 0 atom stereocenters. The lowest BCUT2D eigenvalue weighted by atomic mass is 10.0. The van der Waals surface area contributed by atoms with Crippen molar-refractivity contribution in [2.75, 3.05) is 27.8 Å². The fraction of sp³-hybridized carbons (Fsp3) is 0.207. The molecule has 0 N–H and O–H groups in total. The Morgan fingerprint density at radius 1 is 0.771 bits per heavy atom. The van der Waals surface area contributed by atoms with Crippen LogP contribution < -0.4 is 14.7 Å². The Kier molecular flexibility index (Phi) is 7.12. The number of thiocarbonyl (C=S) groups is 1. The van der Waals surface area contributed by atoms with Crippen molar-refractivity contribution in [3.63, 3.8) is 0 Å². The van der Waals surface area contributed by atoms with Crippen LogP contribution in [-0.4, -0.2) is 30.0 Å². The number of anilines is 3. The number of carbonyl (C=O) groups is 2. The maximum absolute atomic E-state index is 13.7. The third-order valence-electron chi connectivity index (χ3n) is 6.35. The van der Waals surface area contributed by atoms with Crippen LogP contribution in [0, 0.1) is 13.8 Å². The molecule has 4 rings (SSSR count). The molecule has 1 fully saturated rings. The van der Waals surface area contributed by atoms with Gasteiger partial charge in [-0.3, -0.25) is 19.4 Å². The lowest BCUT2D eigenvalue weighted by Gasteiger charge is -2.36. The quantitative estimate of drug-likeness (QED) is 0.249. The van der Waals surface area contributed by atoms with Gasteiger partial charge in [0.15, 0.2) is 5.11 Å². The molecule has 178 valence electrons. The fourth-order valence-electron chi connectivity index (χ4n) is 4.16. The zero-order valence-corrected chi connectivity index (χ0v) is 21.3. The van der Waals surface area contributed by atoms with Gasteiger partial charge in [-0.2, -0.15) is 0 Å². The minimum atomic E-state index is -0.431. The number of hydrogen-bond donors (Lipinski definition) is 0. The normalized spacial score (nSPS) is 15.2. The molecule has 5 nitrogen and oxygen atoms in total. The van der Waals surface area contributed by atoms with Crippen molar-refractivity contribution < 1.29 is 9.59 Å². The molecule has 1 heterocycles. The summed E-state index contributed by atoms with van der Waals surface area (Å²) in [7, 11) is 0. The smallest absolute Gasteiger partial charge is 0.270 e. The Morgan fingerprint density at radius 2 is 1.37 bits per heavy atom. The van der Waals surface area contributed by atoms with Gasteiger partial charge in [0, 0.05) is 18.8 Å². The molecule has 35 heavy (non-hydrogen) atoms. The topological polar surface area (TPSA) is 43.9 Å². The molecule has 0 aliphatic carbocycles. The monoisotopic (exact) mass is 483 g/mol. The third kappa shape index (κ3) is 4.75. The minimum Gasteiger partial charge on any atom is -0.372 e. The Balaban J connectivity index is 1.81. The van der Waals surface area contributed by atoms with Crippen LogP contribution in [-0.2, 0) is 9.59 Å². The second kappa shape index (κ2) is 10.2. The van der Waals surface area contributed by atoms with Crippen LogP contribution in [0.3, 0.4) is 0 Å². The maximum Gasteiger partial charge on any atom is 0.270 e. The second-order valence-corrected chi connectivity index (χ2v) is 8.85. The lowest BCUT2D eigenvalue weighted by molar-refractivity contribution is -0.120. The highest BCUT2D eigenvalue weighted by Crippen LogP contribution is 2.31. The Labute approximate surface area is 212 Å². The summed E-state index contributed by atoms with van der Waals surface area (Å²) in [5, 5.41) is 0.142. The first-order valence-corrected chi connectivity index (χ1v) is 12.2. The highest BCUT2D eigenvalue weighted by Gasteiger charge is 2.41. The van der Waals surface area contributed by atoms with Crippen LogP contribution in [0.2, 0.25) is 0 Å². The SMILES string of the molecule is CCN(CC)c1ccc(/C=C2\C(=O)N(c3ccccc3)C(=S)N(c3ccc(C)c(C)c3)C2=O)cc1. The predicted molar refractivity (Wildman–Crippen MR) is 148 cm³/mol. The van der Waals surface area contributed by atoms with Gasteiger partial charge in [-0.05, 0) is 99.1 Å². The number of carbonyl (C=O) groups excluding carboxylic acids is 2. The van der Waals surface area contributed by atoms with Gasteiger partial charge in [-0.25, -0.2) is 0 Å². The molecule has 0 radical (unpaired) electrons. The first-order chi connectivity index (χ1) is 16.8. The van der Waals surface area contributed by atoms with Crippen LogP contribution in [0.5, 0.6) is 0 Å². The van der Waals surface area contributed by atoms with Crippen molar-refractivity contribution in [2.45, 2.75) is 27.7 Å². The highest BCUT2D eigenvalue weighted by molar-refractivity contribution is 7.81. The Hall–Kier alpha value is -3.77. The molecule has 6 heteroatoms. The lowest BCUT2D eigenvalue weighted by Crippen LogP contribution is -2.57. The van der Waals surface area contributed by atoms with E-state index < -0.39 is 11.8 Å². The summed E-state index contributed by atoms with van der Waals surface area (Å²) in [6.07, 6.45) is 1.66. The zero-order valence-electron chi connectivity index (χ0n) is 20.5. The Bertz CT molecular complexity index is 1300. The van der Waals surface area contributed by atoms with Crippen molar-refractivity contribution >= 4 is 52.3 Å². The first kappa shape index (κ1) is 24.4. The molecule has 0 bridgehead atoms. The van der Waals surface area contributed by atoms with Gasteiger partial charge in [0.25, 0.3) is 11.8 Å². The minimum absolute atomic E-state index is 0.0660. The third-order valence-corrected chi connectivity index (χ3v) is 6.71. The molecule has 1 aliphatic heterocycles. The average molecular weight is 484 g/mol. The van der Waals surface area contributed by atoms with Crippen molar-refractivity contribution in [1.82, 2.24) is 0 Å². The van der Waals surface area contributed by atoms with Gasteiger partial charge in [-0.1, -0.05) is 36.4 Å². The van der Waals surface area contributed by atoms with Crippen LogP contribution in [0.4, 0.5) is 17.1 Å². The molecule has 3 aromatic carbocycles. The standard InChI is InChI=1S/C29H29N3O2S/c1-5-30(6-2)23-16-13-22(14-17-23)19-26-27(33)31(24-10-8-7-9-11-24)29(35)32(28(26)34)25-15-12-20(3)21(4)18-25/h7-19H,5-6H2,1-4H3/b26-19+. The van der Waals surface area contributed by atoms with Crippen molar-refractivity contribution in [3.8, 4) is 0 Å². The summed E-state index contributed by atoms with van der Waals surface area (Å²) >= 11 is 5.71. The van der Waals surface area contributed by atoms with Crippen LogP contribution in [0.1, 0.15) is 30.5 Å². The number of aryl methyl sites for hydroxylation is 2. The number of amides is 2. The van der Waals surface area contributed by atoms with Crippen molar-refractivity contribution in [1.29, 1.82) is 0 Å². The van der Waals surface area contributed by atoms with Crippen molar-refractivity contribution in [3.05, 3.63) is 95.1 Å². The van der Waals surface area contributed by atoms with E-state index in [2.05, 4.69) is 18.7 Å². The number of rotatable bonds is 6. The van der Waals surface area contributed by atoms with Gasteiger partial charge in [0.2, 0.25) is 0 Å². The summed E-state index contributed by atoms with van der Waals surface area (Å²) < 4.78 is 0. The predicted octanol–water partition coefficient (Wildman–Crippen LogP) is 5.90. The number of para-hydroxylation sites is 1. The van der Waals surface area contributed by atoms with E-state index in [9.17, 15) is 9.59 Å². The molecule has 0 aromatic heterocycles. The molecule has 2 amide bonds. The average Bonchev–Trinajstić information content (AvgIpc) is 2.86. The molecule has 1 saturated heterocycles. The van der Waals surface area contributed by atoms with Gasteiger partial charge < -0.3 is 4.90 Å². The molecule has 0 spiro atoms. The van der Waals surface area contributed by atoms with Crippen molar-refractivity contribution in [2.24, 2.45) is 0 Å². The van der Waals surface area contributed by atoms with E-state index in [0.29, 0.717) is 11.4 Å². The first-order valence-electron chi connectivity index (χ1n) is 11.8. The summed E-state index contributed by atoms with van der Waals surface area (Å²) in [4.78, 5) is 32.5. The van der Waals surface area contributed by atoms with E-state index in [1.165, 1.54) is 9.80 Å². The van der Waals surface area contributed by atoms with E-state index in [1.54, 1.807) is 6.08 Å². The van der Waals surface area contributed by atoms with Gasteiger partial charge in [0.1, 0.15) is 5.57 Å². The van der Waals surface area contributed by atoms with Gasteiger partial charge in [-0.15, -0.1) is 0 Å².